The standard InChI is InChI=1S/C18H18N2O3S2/c1-3-8-23-17(22)13-6-4-12(5-7-13)10-24-18-19-15(21)14-9-11(2)25-16(14)20-18/h4-7,9H,3,8,10H2,1-2H3,(H,19,20,21). The maximum Gasteiger partial charge on any atom is 0.338 e. The number of thioether (sulfide) groups is 1. The number of hydrogen-bond donors (Lipinski definition) is 1. The highest BCUT2D eigenvalue weighted by molar-refractivity contribution is 7.98. The lowest BCUT2D eigenvalue weighted by Crippen LogP contribution is -2.07. The summed E-state index contributed by atoms with van der Waals surface area (Å²) in [5.74, 6) is 0.355. The van der Waals surface area contributed by atoms with Crippen LogP contribution in [0.25, 0.3) is 10.2 Å². The molecule has 130 valence electrons. The fourth-order valence-electron chi connectivity index (χ4n) is 2.27. The highest BCUT2D eigenvalue weighted by Crippen LogP contribution is 2.24. The molecule has 0 fully saturated rings. The Bertz CT molecular complexity index is 945. The minimum absolute atomic E-state index is 0.106. The van der Waals surface area contributed by atoms with Crippen LogP contribution in [-0.4, -0.2) is 22.5 Å². The zero-order valence-electron chi connectivity index (χ0n) is 14.0. The molecule has 0 unspecified atom stereocenters. The number of aryl methyl sites for hydroxylation is 1. The summed E-state index contributed by atoms with van der Waals surface area (Å²) in [5, 5.41) is 1.24. The van der Waals surface area contributed by atoms with Gasteiger partial charge in [0.15, 0.2) is 5.16 Å². The molecule has 0 radical (unpaired) electrons. The Morgan fingerprint density at radius 1 is 1.32 bits per heavy atom. The van der Waals surface area contributed by atoms with E-state index in [1.165, 1.54) is 23.1 Å². The van der Waals surface area contributed by atoms with Crippen molar-refractivity contribution in [2.24, 2.45) is 0 Å². The van der Waals surface area contributed by atoms with E-state index >= 15 is 0 Å². The Hall–Kier alpha value is -2.12. The van der Waals surface area contributed by atoms with E-state index in [4.69, 9.17) is 4.74 Å². The summed E-state index contributed by atoms with van der Waals surface area (Å²) in [6, 6.07) is 9.16. The third kappa shape index (κ3) is 4.29. The highest BCUT2D eigenvalue weighted by Gasteiger charge is 2.09. The zero-order valence-corrected chi connectivity index (χ0v) is 15.6. The second-order valence-corrected chi connectivity index (χ2v) is 7.77. The average Bonchev–Trinajstić information content (AvgIpc) is 2.99. The fraction of sp³-hybridized carbons (Fsp3) is 0.278. The number of aromatic amines is 1. The number of hydrogen-bond acceptors (Lipinski definition) is 6. The van der Waals surface area contributed by atoms with Crippen molar-refractivity contribution >= 4 is 39.3 Å². The van der Waals surface area contributed by atoms with Crippen molar-refractivity contribution in [1.82, 2.24) is 9.97 Å². The summed E-state index contributed by atoms with van der Waals surface area (Å²) in [6.45, 7) is 4.35. The van der Waals surface area contributed by atoms with Crippen LogP contribution in [0.15, 0.2) is 40.3 Å². The molecular formula is C18H18N2O3S2. The van der Waals surface area contributed by atoms with Gasteiger partial charge in [0.1, 0.15) is 4.83 Å². The first-order valence-electron chi connectivity index (χ1n) is 7.96. The first-order chi connectivity index (χ1) is 12.1. The van der Waals surface area contributed by atoms with Gasteiger partial charge in [-0.1, -0.05) is 30.8 Å². The summed E-state index contributed by atoms with van der Waals surface area (Å²) < 4.78 is 5.11. The molecule has 0 saturated carbocycles. The van der Waals surface area contributed by atoms with Crippen LogP contribution in [0.1, 0.15) is 34.1 Å². The molecule has 3 rings (SSSR count). The van der Waals surface area contributed by atoms with Gasteiger partial charge in [-0.05, 0) is 37.1 Å². The second-order valence-electron chi connectivity index (χ2n) is 5.57. The first-order valence-corrected chi connectivity index (χ1v) is 9.76. The van der Waals surface area contributed by atoms with Crippen LogP contribution in [0, 0.1) is 6.92 Å². The van der Waals surface area contributed by atoms with E-state index in [1.807, 2.05) is 32.0 Å². The molecule has 2 heterocycles. The molecule has 0 spiro atoms. The van der Waals surface area contributed by atoms with Crippen LogP contribution in [0.3, 0.4) is 0 Å². The third-order valence-electron chi connectivity index (χ3n) is 3.51. The van der Waals surface area contributed by atoms with E-state index < -0.39 is 0 Å². The van der Waals surface area contributed by atoms with Crippen molar-refractivity contribution in [2.75, 3.05) is 6.61 Å². The van der Waals surface area contributed by atoms with Gasteiger partial charge in [0.25, 0.3) is 5.56 Å². The molecule has 1 N–H and O–H groups in total. The highest BCUT2D eigenvalue weighted by atomic mass is 32.2. The van der Waals surface area contributed by atoms with Gasteiger partial charge in [0.05, 0.1) is 17.6 Å². The van der Waals surface area contributed by atoms with Crippen molar-refractivity contribution < 1.29 is 9.53 Å². The second kappa shape index (κ2) is 7.84. The van der Waals surface area contributed by atoms with Gasteiger partial charge in [0, 0.05) is 10.6 Å². The van der Waals surface area contributed by atoms with Crippen molar-refractivity contribution in [2.45, 2.75) is 31.2 Å². The minimum Gasteiger partial charge on any atom is -0.462 e. The molecule has 0 aliphatic rings. The molecule has 0 bridgehead atoms. The Labute approximate surface area is 153 Å². The van der Waals surface area contributed by atoms with E-state index in [-0.39, 0.29) is 11.5 Å². The van der Waals surface area contributed by atoms with Gasteiger partial charge >= 0.3 is 5.97 Å². The SMILES string of the molecule is CCCOC(=O)c1ccc(CSc2nc3sc(C)cc3c(=O)[nH]2)cc1. The monoisotopic (exact) mass is 374 g/mol. The van der Waals surface area contributed by atoms with E-state index in [0.29, 0.717) is 28.5 Å². The molecule has 5 nitrogen and oxygen atoms in total. The molecule has 25 heavy (non-hydrogen) atoms. The van der Waals surface area contributed by atoms with Crippen LogP contribution in [0.5, 0.6) is 0 Å². The van der Waals surface area contributed by atoms with E-state index in [1.54, 1.807) is 12.1 Å². The number of nitrogens with zero attached hydrogens (tertiary/aromatic N) is 1. The summed E-state index contributed by atoms with van der Waals surface area (Å²) >= 11 is 2.98. The van der Waals surface area contributed by atoms with Crippen LogP contribution in [-0.2, 0) is 10.5 Å². The van der Waals surface area contributed by atoms with Crippen LogP contribution in [0.4, 0.5) is 0 Å². The molecule has 0 saturated heterocycles. The van der Waals surface area contributed by atoms with Gasteiger partial charge in [-0.15, -0.1) is 11.3 Å². The van der Waals surface area contributed by atoms with Gasteiger partial charge < -0.3 is 9.72 Å². The number of fused-ring (bicyclic) bond motifs is 1. The predicted molar refractivity (Wildman–Crippen MR) is 102 cm³/mol. The molecule has 7 heteroatoms. The molecule has 0 atom stereocenters. The molecular weight excluding hydrogens is 356 g/mol. The smallest absolute Gasteiger partial charge is 0.338 e. The number of carbonyl (C=O) groups is 1. The summed E-state index contributed by atoms with van der Waals surface area (Å²) in [6.07, 6.45) is 0.805. The molecule has 0 aliphatic heterocycles. The number of aromatic nitrogens is 2. The van der Waals surface area contributed by atoms with Gasteiger partial charge in [-0.25, -0.2) is 9.78 Å². The first kappa shape index (κ1) is 17.7. The lowest BCUT2D eigenvalue weighted by atomic mass is 10.1. The number of benzene rings is 1. The summed E-state index contributed by atoms with van der Waals surface area (Å²) in [5.41, 5.74) is 1.48. The van der Waals surface area contributed by atoms with Crippen LogP contribution in [0.2, 0.25) is 0 Å². The minimum atomic E-state index is -0.300. The zero-order chi connectivity index (χ0) is 17.8. The lowest BCUT2D eigenvalue weighted by Gasteiger charge is -2.05. The number of rotatable bonds is 6. The van der Waals surface area contributed by atoms with Crippen molar-refractivity contribution in [1.29, 1.82) is 0 Å². The quantitative estimate of drug-likeness (QED) is 0.399. The number of nitrogens with one attached hydrogen (secondary N) is 1. The van der Waals surface area contributed by atoms with E-state index in [2.05, 4.69) is 9.97 Å². The Morgan fingerprint density at radius 3 is 2.80 bits per heavy atom. The fourth-order valence-corrected chi connectivity index (χ4v) is 4.02. The van der Waals surface area contributed by atoms with Crippen LogP contribution >= 0.6 is 23.1 Å². The van der Waals surface area contributed by atoms with Gasteiger partial charge in [0.2, 0.25) is 0 Å². The molecule has 1 aromatic carbocycles. The van der Waals surface area contributed by atoms with E-state index in [0.717, 1.165) is 21.7 Å². The molecule has 2 aromatic heterocycles. The number of ether oxygens (including phenoxy) is 1. The van der Waals surface area contributed by atoms with Crippen molar-refractivity contribution in [3.05, 3.63) is 56.7 Å². The third-order valence-corrected chi connectivity index (χ3v) is 5.40. The maximum absolute atomic E-state index is 12.1. The molecule has 0 aliphatic carbocycles. The largest absolute Gasteiger partial charge is 0.462 e. The lowest BCUT2D eigenvalue weighted by molar-refractivity contribution is 0.0505. The Morgan fingerprint density at radius 2 is 2.08 bits per heavy atom. The molecule has 3 aromatic rings. The predicted octanol–water partition coefficient (Wildman–Crippen LogP) is 4.15. The maximum atomic E-state index is 12.1. The van der Waals surface area contributed by atoms with E-state index in [9.17, 15) is 9.59 Å². The number of carbonyl (C=O) groups excluding carboxylic acids is 1. The topological polar surface area (TPSA) is 72.0 Å². The van der Waals surface area contributed by atoms with Crippen LogP contribution < -0.4 is 5.56 Å². The summed E-state index contributed by atoms with van der Waals surface area (Å²) in [4.78, 5) is 33.0. The number of H-pyrrole nitrogens is 1. The van der Waals surface area contributed by atoms with Gasteiger partial charge in [-0.2, -0.15) is 0 Å². The Kier molecular flexibility index (Phi) is 5.55. The molecule has 0 amide bonds. The Balaban J connectivity index is 1.67. The van der Waals surface area contributed by atoms with Crippen molar-refractivity contribution in [3.8, 4) is 0 Å². The normalized spacial score (nSPS) is 11.0. The number of thiophene rings is 1. The average molecular weight is 374 g/mol. The van der Waals surface area contributed by atoms with Crippen molar-refractivity contribution in [3.63, 3.8) is 0 Å². The number of esters is 1. The van der Waals surface area contributed by atoms with Gasteiger partial charge in [-0.3, -0.25) is 4.79 Å². The summed E-state index contributed by atoms with van der Waals surface area (Å²) in [7, 11) is 0.